The highest BCUT2D eigenvalue weighted by molar-refractivity contribution is 5.72. The van der Waals surface area contributed by atoms with Crippen LogP contribution in [0.1, 0.15) is 29.9 Å². The molecule has 0 aromatic carbocycles. The van der Waals surface area contributed by atoms with E-state index in [1.807, 2.05) is 6.92 Å². The first-order chi connectivity index (χ1) is 7.50. The maximum absolute atomic E-state index is 10.7. The fraction of sp³-hybridized carbons (Fsp3) is 0.364. The highest BCUT2D eigenvalue weighted by atomic mass is 16.4. The number of hydrogen-bond acceptors (Lipinski definition) is 3. The lowest BCUT2D eigenvalue weighted by Crippen LogP contribution is -2.12. The zero-order chi connectivity index (χ0) is 12.1. The minimum atomic E-state index is -1.01. The molecule has 0 saturated carbocycles. The quantitative estimate of drug-likeness (QED) is 0.788. The highest BCUT2D eigenvalue weighted by Crippen LogP contribution is 2.25. The summed E-state index contributed by atoms with van der Waals surface area (Å²) < 4.78 is 0. The smallest absolute Gasteiger partial charge is 0.303 e. The third-order valence-electron chi connectivity index (χ3n) is 2.36. The van der Waals surface area contributed by atoms with Crippen molar-refractivity contribution in [2.24, 2.45) is 0 Å². The van der Waals surface area contributed by atoms with Gasteiger partial charge in [-0.05, 0) is 24.1 Å². The number of hydrogen-bond donors (Lipinski definition) is 2. The van der Waals surface area contributed by atoms with Crippen molar-refractivity contribution in [3.05, 3.63) is 29.6 Å². The van der Waals surface area contributed by atoms with Crippen LogP contribution in [-0.4, -0.2) is 27.1 Å². The van der Waals surface area contributed by atoms with Crippen LogP contribution in [-0.2, 0) is 9.59 Å². The van der Waals surface area contributed by atoms with E-state index in [1.165, 1.54) is 6.20 Å². The molecule has 0 bridgehead atoms. The molecule has 0 spiro atoms. The van der Waals surface area contributed by atoms with Crippen LogP contribution in [0.2, 0.25) is 0 Å². The molecule has 1 heterocycles. The van der Waals surface area contributed by atoms with Crippen LogP contribution in [0.15, 0.2) is 18.5 Å². The van der Waals surface area contributed by atoms with Crippen LogP contribution >= 0.6 is 0 Å². The van der Waals surface area contributed by atoms with Gasteiger partial charge < -0.3 is 10.2 Å². The van der Waals surface area contributed by atoms with Crippen molar-refractivity contribution in [2.75, 3.05) is 0 Å². The number of carbonyl (C=O) groups is 2. The monoisotopic (exact) mass is 223 g/mol. The fourth-order valence-electron chi connectivity index (χ4n) is 1.62. The van der Waals surface area contributed by atoms with Crippen molar-refractivity contribution < 1.29 is 19.8 Å². The van der Waals surface area contributed by atoms with E-state index in [9.17, 15) is 9.59 Å². The van der Waals surface area contributed by atoms with Crippen LogP contribution in [0.25, 0.3) is 0 Å². The van der Waals surface area contributed by atoms with E-state index < -0.39 is 17.9 Å². The van der Waals surface area contributed by atoms with E-state index in [1.54, 1.807) is 12.3 Å². The van der Waals surface area contributed by atoms with Gasteiger partial charge in [0.25, 0.3) is 0 Å². The highest BCUT2D eigenvalue weighted by Gasteiger charge is 2.20. The van der Waals surface area contributed by atoms with Crippen molar-refractivity contribution in [1.29, 1.82) is 0 Å². The van der Waals surface area contributed by atoms with Crippen molar-refractivity contribution in [3.8, 4) is 0 Å². The molecule has 0 radical (unpaired) electrons. The fourth-order valence-corrected chi connectivity index (χ4v) is 1.62. The standard InChI is InChI=1S/C11H13NO4/c1-7-2-3-12-6-9(7)8(4-10(13)14)5-11(15)16/h2-3,6,8H,4-5H2,1H3,(H,13,14)(H,15,16). The Hall–Kier alpha value is -1.91. The first-order valence-electron chi connectivity index (χ1n) is 4.84. The van der Waals surface area contributed by atoms with Crippen molar-refractivity contribution >= 4 is 11.9 Å². The molecule has 86 valence electrons. The van der Waals surface area contributed by atoms with Crippen LogP contribution < -0.4 is 0 Å². The predicted molar refractivity (Wildman–Crippen MR) is 56.2 cm³/mol. The lowest BCUT2D eigenvalue weighted by molar-refractivity contribution is -0.139. The molecule has 0 amide bonds. The number of nitrogens with zero attached hydrogens (tertiary/aromatic N) is 1. The number of aryl methyl sites for hydroxylation is 1. The van der Waals surface area contributed by atoms with E-state index in [4.69, 9.17) is 10.2 Å². The van der Waals surface area contributed by atoms with Crippen LogP contribution in [0.3, 0.4) is 0 Å². The van der Waals surface area contributed by atoms with E-state index in [0.717, 1.165) is 5.56 Å². The Morgan fingerprint density at radius 3 is 2.31 bits per heavy atom. The summed E-state index contributed by atoms with van der Waals surface area (Å²) in [5.74, 6) is -2.53. The van der Waals surface area contributed by atoms with Crippen molar-refractivity contribution in [3.63, 3.8) is 0 Å². The SMILES string of the molecule is Cc1ccncc1C(CC(=O)O)CC(=O)O. The number of carboxylic acid groups (broad SMARTS) is 2. The largest absolute Gasteiger partial charge is 0.481 e. The van der Waals surface area contributed by atoms with Gasteiger partial charge in [-0.25, -0.2) is 0 Å². The molecule has 2 N–H and O–H groups in total. The molecule has 0 aliphatic heterocycles. The van der Waals surface area contributed by atoms with E-state index >= 15 is 0 Å². The zero-order valence-corrected chi connectivity index (χ0v) is 8.88. The van der Waals surface area contributed by atoms with Gasteiger partial charge in [-0.1, -0.05) is 0 Å². The molecular formula is C11H13NO4. The van der Waals surface area contributed by atoms with E-state index in [-0.39, 0.29) is 12.8 Å². The van der Waals surface area contributed by atoms with Gasteiger partial charge in [0.05, 0.1) is 12.8 Å². The van der Waals surface area contributed by atoms with Gasteiger partial charge in [0.1, 0.15) is 0 Å². The Morgan fingerprint density at radius 1 is 1.31 bits per heavy atom. The van der Waals surface area contributed by atoms with Crippen molar-refractivity contribution in [2.45, 2.75) is 25.7 Å². The van der Waals surface area contributed by atoms with E-state index in [2.05, 4.69) is 4.98 Å². The van der Waals surface area contributed by atoms with Gasteiger partial charge in [0, 0.05) is 18.3 Å². The topological polar surface area (TPSA) is 87.5 Å². The molecule has 1 rings (SSSR count). The first-order valence-corrected chi connectivity index (χ1v) is 4.84. The Bertz CT molecular complexity index is 387. The molecule has 0 unspecified atom stereocenters. The number of rotatable bonds is 5. The summed E-state index contributed by atoms with van der Waals surface area (Å²) in [6, 6.07) is 1.74. The molecule has 0 fully saturated rings. The Labute approximate surface area is 92.8 Å². The molecule has 0 aliphatic rings. The Morgan fingerprint density at radius 2 is 1.88 bits per heavy atom. The van der Waals surface area contributed by atoms with Crippen LogP contribution in [0.4, 0.5) is 0 Å². The second kappa shape index (κ2) is 5.25. The summed E-state index contributed by atoms with van der Waals surface area (Å²) >= 11 is 0. The number of carboxylic acids is 2. The normalized spacial score (nSPS) is 10.4. The van der Waals surface area contributed by atoms with Gasteiger partial charge in [-0.15, -0.1) is 0 Å². The molecule has 1 aromatic heterocycles. The van der Waals surface area contributed by atoms with Crippen LogP contribution in [0, 0.1) is 6.92 Å². The average Bonchev–Trinajstić information content (AvgIpc) is 2.15. The molecule has 0 aliphatic carbocycles. The minimum Gasteiger partial charge on any atom is -0.481 e. The van der Waals surface area contributed by atoms with Gasteiger partial charge in [0.15, 0.2) is 0 Å². The van der Waals surface area contributed by atoms with Gasteiger partial charge in [0.2, 0.25) is 0 Å². The molecule has 0 saturated heterocycles. The second-order valence-corrected chi connectivity index (χ2v) is 3.62. The third-order valence-corrected chi connectivity index (χ3v) is 2.36. The molecule has 0 atom stereocenters. The summed E-state index contributed by atoms with van der Waals surface area (Å²) in [5.41, 5.74) is 1.55. The maximum Gasteiger partial charge on any atom is 0.303 e. The number of aliphatic carboxylic acids is 2. The molecule has 5 nitrogen and oxygen atoms in total. The first kappa shape index (κ1) is 12.2. The summed E-state index contributed by atoms with van der Waals surface area (Å²) in [6.45, 7) is 1.81. The van der Waals surface area contributed by atoms with Crippen LogP contribution in [0.5, 0.6) is 0 Å². The predicted octanol–water partition coefficient (Wildman–Crippen LogP) is 1.42. The van der Waals surface area contributed by atoms with Gasteiger partial charge in [-0.2, -0.15) is 0 Å². The number of aromatic nitrogens is 1. The lowest BCUT2D eigenvalue weighted by Gasteiger charge is -2.14. The van der Waals surface area contributed by atoms with Gasteiger partial charge >= 0.3 is 11.9 Å². The molecule has 16 heavy (non-hydrogen) atoms. The summed E-state index contributed by atoms with van der Waals surface area (Å²) in [6.07, 6.45) is 2.74. The summed E-state index contributed by atoms with van der Waals surface area (Å²) in [5, 5.41) is 17.5. The number of pyridine rings is 1. The molecular weight excluding hydrogens is 210 g/mol. The molecule has 1 aromatic rings. The third kappa shape index (κ3) is 3.34. The van der Waals surface area contributed by atoms with E-state index in [0.29, 0.717) is 5.56 Å². The summed E-state index contributed by atoms with van der Waals surface area (Å²) in [4.78, 5) is 25.2. The second-order valence-electron chi connectivity index (χ2n) is 3.62. The van der Waals surface area contributed by atoms with Gasteiger partial charge in [-0.3, -0.25) is 14.6 Å². The Kier molecular flexibility index (Phi) is 3.99. The summed E-state index contributed by atoms with van der Waals surface area (Å²) in [7, 11) is 0. The zero-order valence-electron chi connectivity index (χ0n) is 8.88. The maximum atomic E-state index is 10.7. The lowest BCUT2D eigenvalue weighted by atomic mass is 9.91. The Balaban J connectivity index is 2.96. The molecule has 5 heteroatoms. The van der Waals surface area contributed by atoms with Crippen molar-refractivity contribution in [1.82, 2.24) is 4.98 Å². The average molecular weight is 223 g/mol. The minimum absolute atomic E-state index is 0.196.